The average Bonchev–Trinajstić information content (AvgIpc) is 2.52. The Morgan fingerprint density at radius 2 is 1.67 bits per heavy atom. The summed E-state index contributed by atoms with van der Waals surface area (Å²) in [5.41, 5.74) is 6.91. The minimum Gasteiger partial charge on any atom is -0.493 e. The molecule has 1 atom stereocenters. The summed E-state index contributed by atoms with van der Waals surface area (Å²) in [6.07, 6.45) is 0. The van der Waals surface area contributed by atoms with Gasteiger partial charge in [-0.25, -0.2) is 0 Å². The molecular weight excluding hydrogens is 266 g/mol. The van der Waals surface area contributed by atoms with Crippen molar-refractivity contribution >= 4 is 0 Å². The number of methoxy groups -OCH3 is 1. The predicted octanol–water partition coefficient (Wildman–Crippen LogP) is 3.17. The Balaban J connectivity index is 1.83. The highest BCUT2D eigenvalue weighted by molar-refractivity contribution is 5.39. The van der Waals surface area contributed by atoms with Gasteiger partial charge in [-0.1, -0.05) is 24.3 Å². The Kier molecular flexibility index (Phi) is 5.46. The van der Waals surface area contributed by atoms with Crippen LogP contribution in [0.5, 0.6) is 17.2 Å². The smallest absolute Gasteiger partial charge is 0.161 e. The van der Waals surface area contributed by atoms with Crippen molar-refractivity contribution in [2.75, 3.05) is 20.3 Å². The second kappa shape index (κ2) is 7.55. The lowest BCUT2D eigenvalue weighted by Crippen LogP contribution is -2.10. The zero-order valence-electron chi connectivity index (χ0n) is 12.4. The molecule has 4 nitrogen and oxygen atoms in total. The molecule has 2 N–H and O–H groups in total. The van der Waals surface area contributed by atoms with Gasteiger partial charge in [0.1, 0.15) is 19.0 Å². The van der Waals surface area contributed by atoms with Crippen molar-refractivity contribution < 1.29 is 14.2 Å². The first kappa shape index (κ1) is 15.2. The first-order valence-corrected chi connectivity index (χ1v) is 6.95. The van der Waals surface area contributed by atoms with Crippen LogP contribution in [0.15, 0.2) is 48.5 Å². The van der Waals surface area contributed by atoms with E-state index in [1.165, 1.54) is 0 Å². The van der Waals surface area contributed by atoms with Gasteiger partial charge in [0.2, 0.25) is 0 Å². The monoisotopic (exact) mass is 287 g/mol. The van der Waals surface area contributed by atoms with Gasteiger partial charge in [-0.15, -0.1) is 0 Å². The van der Waals surface area contributed by atoms with Crippen LogP contribution in [0.4, 0.5) is 0 Å². The van der Waals surface area contributed by atoms with Crippen LogP contribution >= 0.6 is 0 Å². The minimum atomic E-state index is -0.00150. The van der Waals surface area contributed by atoms with E-state index in [0.717, 1.165) is 17.1 Å². The van der Waals surface area contributed by atoms with Crippen molar-refractivity contribution in [3.63, 3.8) is 0 Å². The fraction of sp³-hybridized carbons (Fsp3) is 0.294. The Morgan fingerprint density at radius 1 is 0.952 bits per heavy atom. The Morgan fingerprint density at radius 3 is 2.38 bits per heavy atom. The van der Waals surface area contributed by atoms with E-state index in [2.05, 4.69) is 0 Å². The van der Waals surface area contributed by atoms with Crippen LogP contribution in [-0.4, -0.2) is 20.3 Å². The molecule has 0 spiro atoms. The third kappa shape index (κ3) is 4.39. The molecule has 0 heterocycles. The zero-order valence-corrected chi connectivity index (χ0v) is 12.4. The molecule has 112 valence electrons. The number of rotatable bonds is 7. The quantitative estimate of drug-likeness (QED) is 0.795. The summed E-state index contributed by atoms with van der Waals surface area (Å²) in [6, 6.07) is 15.3. The maximum Gasteiger partial charge on any atom is 0.161 e. The van der Waals surface area contributed by atoms with Crippen molar-refractivity contribution in [1.29, 1.82) is 0 Å². The first-order valence-electron chi connectivity index (χ1n) is 6.95. The molecule has 0 aliphatic rings. The van der Waals surface area contributed by atoms with Crippen LogP contribution in [0.25, 0.3) is 0 Å². The van der Waals surface area contributed by atoms with Crippen LogP contribution in [0.3, 0.4) is 0 Å². The number of hydrogen-bond acceptors (Lipinski definition) is 4. The second-order valence-corrected chi connectivity index (χ2v) is 4.71. The number of para-hydroxylation sites is 2. The van der Waals surface area contributed by atoms with E-state index in [1.54, 1.807) is 7.11 Å². The van der Waals surface area contributed by atoms with Gasteiger partial charge in [-0.3, -0.25) is 0 Å². The van der Waals surface area contributed by atoms with E-state index in [1.807, 2.05) is 55.5 Å². The van der Waals surface area contributed by atoms with E-state index in [4.69, 9.17) is 19.9 Å². The molecule has 0 aromatic heterocycles. The maximum absolute atomic E-state index is 5.85. The molecule has 0 aliphatic heterocycles. The second-order valence-electron chi connectivity index (χ2n) is 4.71. The molecule has 0 saturated carbocycles. The molecule has 2 aromatic carbocycles. The lowest BCUT2D eigenvalue weighted by molar-refractivity contribution is 0.211. The molecule has 0 saturated heterocycles. The molecule has 4 heteroatoms. The molecule has 0 aliphatic carbocycles. The number of nitrogens with two attached hydrogens (primary N) is 1. The number of benzene rings is 2. The highest BCUT2D eigenvalue weighted by Crippen LogP contribution is 2.25. The van der Waals surface area contributed by atoms with Crippen LogP contribution in [0.1, 0.15) is 18.5 Å². The minimum absolute atomic E-state index is 0.00150. The van der Waals surface area contributed by atoms with E-state index >= 15 is 0 Å². The van der Waals surface area contributed by atoms with Crippen molar-refractivity contribution in [2.24, 2.45) is 5.73 Å². The molecule has 0 radical (unpaired) electrons. The summed E-state index contributed by atoms with van der Waals surface area (Å²) in [4.78, 5) is 0. The molecule has 0 bridgehead atoms. The fourth-order valence-electron chi connectivity index (χ4n) is 1.94. The summed E-state index contributed by atoms with van der Waals surface area (Å²) in [7, 11) is 1.62. The fourth-order valence-corrected chi connectivity index (χ4v) is 1.94. The third-order valence-electron chi connectivity index (χ3n) is 3.06. The van der Waals surface area contributed by atoms with Gasteiger partial charge in [0, 0.05) is 6.04 Å². The molecular formula is C17H21NO3. The third-order valence-corrected chi connectivity index (χ3v) is 3.06. The summed E-state index contributed by atoms with van der Waals surface area (Å²) in [5.74, 6) is 2.23. The highest BCUT2D eigenvalue weighted by atomic mass is 16.5. The van der Waals surface area contributed by atoms with Crippen molar-refractivity contribution in [1.82, 2.24) is 0 Å². The summed E-state index contributed by atoms with van der Waals surface area (Å²) >= 11 is 0. The van der Waals surface area contributed by atoms with Crippen LogP contribution < -0.4 is 19.9 Å². The van der Waals surface area contributed by atoms with Crippen molar-refractivity contribution in [3.05, 3.63) is 54.1 Å². The number of ether oxygens (including phenoxy) is 3. The molecule has 2 rings (SSSR count). The Hall–Kier alpha value is -2.20. The van der Waals surface area contributed by atoms with Gasteiger partial charge >= 0.3 is 0 Å². The van der Waals surface area contributed by atoms with Gasteiger partial charge in [-0.05, 0) is 36.8 Å². The van der Waals surface area contributed by atoms with Crippen LogP contribution in [0, 0.1) is 0 Å². The first-order chi connectivity index (χ1) is 10.2. The van der Waals surface area contributed by atoms with Crippen molar-refractivity contribution in [3.8, 4) is 17.2 Å². The van der Waals surface area contributed by atoms with Gasteiger partial charge in [0.25, 0.3) is 0 Å². The lowest BCUT2D eigenvalue weighted by Gasteiger charge is -2.12. The SMILES string of the molecule is COc1ccccc1OCCOc1cccc([C@@H](C)N)c1. The van der Waals surface area contributed by atoms with E-state index in [9.17, 15) is 0 Å². The topological polar surface area (TPSA) is 53.7 Å². The summed E-state index contributed by atoms with van der Waals surface area (Å²) in [5, 5.41) is 0. The van der Waals surface area contributed by atoms with E-state index < -0.39 is 0 Å². The normalized spacial score (nSPS) is 11.8. The largest absolute Gasteiger partial charge is 0.493 e. The average molecular weight is 287 g/mol. The molecule has 0 amide bonds. The van der Waals surface area contributed by atoms with Crippen molar-refractivity contribution in [2.45, 2.75) is 13.0 Å². The van der Waals surface area contributed by atoms with Gasteiger partial charge in [0.15, 0.2) is 11.5 Å². The standard InChI is InChI=1S/C17H21NO3/c1-13(18)14-6-5-7-15(12-14)20-10-11-21-17-9-4-3-8-16(17)19-2/h3-9,12-13H,10-11,18H2,1-2H3/t13-/m1/s1. The predicted molar refractivity (Wildman–Crippen MR) is 83.0 cm³/mol. The number of hydrogen-bond donors (Lipinski definition) is 1. The zero-order chi connectivity index (χ0) is 15.1. The molecule has 2 aromatic rings. The lowest BCUT2D eigenvalue weighted by atomic mass is 10.1. The molecule has 0 unspecified atom stereocenters. The van der Waals surface area contributed by atoms with Gasteiger partial charge in [0.05, 0.1) is 7.11 Å². The summed E-state index contributed by atoms with van der Waals surface area (Å²) < 4.78 is 16.5. The van der Waals surface area contributed by atoms with E-state index in [-0.39, 0.29) is 6.04 Å². The Labute approximate surface area is 125 Å². The maximum atomic E-state index is 5.85. The Bertz CT molecular complexity index is 569. The van der Waals surface area contributed by atoms with E-state index in [0.29, 0.717) is 19.0 Å². The summed E-state index contributed by atoms with van der Waals surface area (Å²) in [6.45, 7) is 2.85. The van der Waals surface area contributed by atoms with Gasteiger partial charge in [-0.2, -0.15) is 0 Å². The molecule has 21 heavy (non-hydrogen) atoms. The van der Waals surface area contributed by atoms with Crippen LogP contribution in [-0.2, 0) is 0 Å². The highest BCUT2D eigenvalue weighted by Gasteiger charge is 2.03. The van der Waals surface area contributed by atoms with Gasteiger partial charge < -0.3 is 19.9 Å². The van der Waals surface area contributed by atoms with Crippen LogP contribution in [0.2, 0.25) is 0 Å². The molecule has 0 fully saturated rings.